The molecule has 30 heavy (non-hydrogen) atoms. The molecule has 158 valence electrons. The van der Waals surface area contributed by atoms with Gasteiger partial charge in [-0.1, -0.05) is 43.8 Å². The van der Waals surface area contributed by atoms with E-state index in [4.69, 9.17) is 0 Å². The Morgan fingerprint density at radius 1 is 1.20 bits per heavy atom. The van der Waals surface area contributed by atoms with Crippen LogP contribution in [-0.4, -0.2) is 27.2 Å². The van der Waals surface area contributed by atoms with Crippen LogP contribution in [0, 0.1) is 5.92 Å². The van der Waals surface area contributed by atoms with Crippen molar-refractivity contribution in [1.82, 2.24) is 20.2 Å². The molecule has 0 bridgehead atoms. The Labute approximate surface area is 182 Å². The summed E-state index contributed by atoms with van der Waals surface area (Å²) in [5.74, 6) is -0.0307. The molecular formula is C21H24N4O3S2. The molecule has 3 rings (SSSR count). The number of rotatable bonds is 8. The van der Waals surface area contributed by atoms with Crippen LogP contribution in [0.5, 0.6) is 0 Å². The second-order valence-electron chi connectivity index (χ2n) is 7.15. The highest BCUT2D eigenvalue weighted by molar-refractivity contribution is 7.99. The normalized spacial score (nSPS) is 11.0. The lowest BCUT2D eigenvalue weighted by molar-refractivity contribution is -0.117. The average Bonchev–Trinajstić information content (AvgIpc) is 3.24. The molecule has 0 saturated carbocycles. The van der Waals surface area contributed by atoms with Gasteiger partial charge in [0.05, 0.1) is 23.2 Å². The molecule has 2 heterocycles. The van der Waals surface area contributed by atoms with Crippen molar-refractivity contribution in [2.24, 2.45) is 5.92 Å². The van der Waals surface area contributed by atoms with Gasteiger partial charge in [0.2, 0.25) is 5.91 Å². The first-order valence-corrected chi connectivity index (χ1v) is 11.5. The number of amides is 3. The Hall–Kier alpha value is -2.65. The van der Waals surface area contributed by atoms with Crippen LogP contribution in [0.2, 0.25) is 0 Å². The molecule has 3 amide bonds. The number of carbonyl (C=O) groups excluding carboxylic acids is 2. The Morgan fingerprint density at radius 3 is 2.73 bits per heavy atom. The zero-order valence-corrected chi connectivity index (χ0v) is 18.5. The molecule has 2 aromatic heterocycles. The van der Waals surface area contributed by atoms with Gasteiger partial charge in [-0.25, -0.2) is 9.78 Å². The van der Waals surface area contributed by atoms with Crippen LogP contribution in [-0.2, 0) is 17.9 Å². The van der Waals surface area contributed by atoms with E-state index in [2.05, 4.69) is 29.5 Å². The number of benzene rings is 1. The summed E-state index contributed by atoms with van der Waals surface area (Å²) in [6.07, 6.45) is 0.824. The van der Waals surface area contributed by atoms with Gasteiger partial charge in [0, 0.05) is 11.4 Å². The number of hydrogen-bond acceptors (Lipinski definition) is 6. The Balaban J connectivity index is 1.66. The largest absolute Gasteiger partial charge is 0.333 e. The molecule has 7 nitrogen and oxygen atoms in total. The van der Waals surface area contributed by atoms with Gasteiger partial charge in [-0.2, -0.15) is 0 Å². The first-order chi connectivity index (χ1) is 14.4. The quantitative estimate of drug-likeness (QED) is 0.409. The molecule has 0 unspecified atom stereocenters. The third-order valence-electron chi connectivity index (χ3n) is 4.35. The minimum atomic E-state index is -0.544. The first kappa shape index (κ1) is 22.0. The maximum Gasteiger partial charge on any atom is 0.321 e. The molecule has 0 radical (unpaired) electrons. The molecule has 0 aliphatic heterocycles. The fraction of sp³-hybridized carbons (Fsp3) is 0.333. The van der Waals surface area contributed by atoms with Crippen LogP contribution >= 0.6 is 23.1 Å². The molecule has 0 fully saturated rings. The lowest BCUT2D eigenvalue weighted by Gasteiger charge is -2.14. The molecule has 0 aliphatic carbocycles. The SMILES string of the molecule is CC(C)CCn1c(SCC(=O)NC(=O)NCc2cccs2)nc2ccccc2c1=O. The molecule has 1 aromatic carbocycles. The van der Waals surface area contributed by atoms with Gasteiger partial charge < -0.3 is 5.32 Å². The average molecular weight is 445 g/mol. The molecular weight excluding hydrogens is 420 g/mol. The smallest absolute Gasteiger partial charge is 0.321 e. The third kappa shape index (κ3) is 5.93. The number of para-hydroxylation sites is 1. The first-order valence-electron chi connectivity index (χ1n) is 9.66. The summed E-state index contributed by atoms with van der Waals surface area (Å²) < 4.78 is 1.62. The van der Waals surface area contributed by atoms with Crippen molar-refractivity contribution < 1.29 is 9.59 Å². The van der Waals surface area contributed by atoms with E-state index in [1.807, 2.05) is 29.6 Å². The van der Waals surface area contributed by atoms with Crippen LogP contribution in [0.1, 0.15) is 25.1 Å². The number of thiophene rings is 1. The van der Waals surface area contributed by atoms with Gasteiger partial charge in [0.15, 0.2) is 5.16 Å². The minimum absolute atomic E-state index is 0.0150. The zero-order valence-electron chi connectivity index (χ0n) is 16.9. The van der Waals surface area contributed by atoms with Gasteiger partial charge in [0.25, 0.3) is 5.56 Å². The molecule has 0 saturated heterocycles. The van der Waals surface area contributed by atoms with Gasteiger partial charge in [-0.3, -0.25) is 19.5 Å². The van der Waals surface area contributed by atoms with Crippen molar-refractivity contribution in [3.63, 3.8) is 0 Å². The van der Waals surface area contributed by atoms with Crippen molar-refractivity contribution in [2.45, 2.75) is 38.5 Å². The maximum absolute atomic E-state index is 12.9. The number of fused-ring (bicyclic) bond motifs is 1. The number of thioether (sulfide) groups is 1. The van der Waals surface area contributed by atoms with Crippen LogP contribution in [0.3, 0.4) is 0 Å². The summed E-state index contributed by atoms with van der Waals surface area (Å²) in [6.45, 7) is 5.08. The highest BCUT2D eigenvalue weighted by Crippen LogP contribution is 2.18. The molecule has 0 atom stereocenters. The van der Waals surface area contributed by atoms with E-state index in [-0.39, 0.29) is 11.3 Å². The topological polar surface area (TPSA) is 93.1 Å². The van der Waals surface area contributed by atoms with E-state index in [0.717, 1.165) is 23.1 Å². The summed E-state index contributed by atoms with van der Waals surface area (Å²) in [5.41, 5.74) is 0.484. The summed E-state index contributed by atoms with van der Waals surface area (Å²) in [5, 5.41) is 7.93. The van der Waals surface area contributed by atoms with Crippen molar-refractivity contribution in [3.8, 4) is 0 Å². The standard InChI is InChI=1S/C21H24N4O3S2/c1-14(2)9-10-25-19(27)16-7-3-4-8-17(16)23-21(25)30-13-18(26)24-20(28)22-12-15-6-5-11-29-15/h3-8,11,14H,9-10,12-13H2,1-2H3,(H2,22,24,26,28). The molecule has 2 N–H and O–H groups in total. The monoisotopic (exact) mass is 444 g/mol. The third-order valence-corrected chi connectivity index (χ3v) is 6.20. The van der Waals surface area contributed by atoms with Crippen molar-refractivity contribution >= 4 is 45.9 Å². The minimum Gasteiger partial charge on any atom is -0.333 e. The van der Waals surface area contributed by atoms with Crippen molar-refractivity contribution in [1.29, 1.82) is 0 Å². The highest BCUT2D eigenvalue weighted by Gasteiger charge is 2.15. The maximum atomic E-state index is 12.9. The van der Waals surface area contributed by atoms with Crippen molar-refractivity contribution in [2.75, 3.05) is 5.75 Å². The zero-order chi connectivity index (χ0) is 21.5. The van der Waals surface area contributed by atoms with Crippen LogP contribution in [0.25, 0.3) is 10.9 Å². The number of urea groups is 1. The summed E-state index contributed by atoms with van der Waals surface area (Å²) >= 11 is 2.69. The second kappa shape index (κ2) is 10.4. The number of carbonyl (C=O) groups is 2. The molecule has 0 spiro atoms. The van der Waals surface area contributed by atoms with Crippen LogP contribution < -0.4 is 16.2 Å². The second-order valence-corrected chi connectivity index (χ2v) is 9.12. The number of nitrogens with zero attached hydrogens (tertiary/aromatic N) is 2. The Bertz CT molecular complexity index is 1080. The predicted molar refractivity (Wildman–Crippen MR) is 121 cm³/mol. The summed E-state index contributed by atoms with van der Waals surface area (Å²) in [6, 6.07) is 10.4. The fourth-order valence-electron chi connectivity index (χ4n) is 2.76. The van der Waals surface area contributed by atoms with Crippen LogP contribution in [0.4, 0.5) is 4.79 Å². The molecule has 3 aromatic rings. The van der Waals surface area contributed by atoms with Gasteiger partial charge in [0.1, 0.15) is 0 Å². The van der Waals surface area contributed by atoms with Crippen LogP contribution in [0.15, 0.2) is 51.7 Å². The molecule has 9 heteroatoms. The van der Waals surface area contributed by atoms with Gasteiger partial charge in [-0.15, -0.1) is 11.3 Å². The lowest BCUT2D eigenvalue weighted by atomic mass is 10.1. The highest BCUT2D eigenvalue weighted by atomic mass is 32.2. The van der Waals surface area contributed by atoms with Gasteiger partial charge in [-0.05, 0) is 35.9 Å². The van der Waals surface area contributed by atoms with Crippen molar-refractivity contribution in [3.05, 3.63) is 57.0 Å². The number of hydrogen-bond donors (Lipinski definition) is 2. The van der Waals surface area contributed by atoms with E-state index in [1.165, 1.54) is 11.3 Å². The number of nitrogens with one attached hydrogen (secondary N) is 2. The van der Waals surface area contributed by atoms with E-state index in [1.54, 1.807) is 16.7 Å². The lowest BCUT2D eigenvalue weighted by Crippen LogP contribution is -2.40. The van der Waals surface area contributed by atoms with E-state index in [9.17, 15) is 14.4 Å². The number of imide groups is 1. The van der Waals surface area contributed by atoms with E-state index >= 15 is 0 Å². The van der Waals surface area contributed by atoms with E-state index in [0.29, 0.717) is 35.1 Å². The Kier molecular flexibility index (Phi) is 7.64. The van der Waals surface area contributed by atoms with Gasteiger partial charge >= 0.3 is 6.03 Å². The van der Waals surface area contributed by atoms with E-state index < -0.39 is 11.9 Å². The molecule has 0 aliphatic rings. The fourth-order valence-corrected chi connectivity index (χ4v) is 4.23. The summed E-state index contributed by atoms with van der Waals surface area (Å²) in [4.78, 5) is 42.6. The Morgan fingerprint density at radius 2 is 2.00 bits per heavy atom. The number of aromatic nitrogens is 2. The predicted octanol–water partition coefficient (Wildman–Crippen LogP) is 3.62. The summed E-state index contributed by atoms with van der Waals surface area (Å²) in [7, 11) is 0.